The Morgan fingerprint density at radius 2 is 1.70 bits per heavy atom. The minimum absolute atomic E-state index is 0.282. The van der Waals surface area contributed by atoms with Gasteiger partial charge in [0.05, 0.1) is 0 Å². The first-order chi connectivity index (χ1) is 13.1. The first kappa shape index (κ1) is 17.0. The Hall–Kier alpha value is -3.40. The lowest BCUT2D eigenvalue weighted by Gasteiger charge is -2.12. The van der Waals surface area contributed by atoms with Crippen LogP contribution in [0.5, 0.6) is 5.75 Å². The predicted octanol–water partition coefficient (Wildman–Crippen LogP) is 5.49. The maximum Gasteiger partial charge on any atom is 0.336 e. The van der Waals surface area contributed by atoms with Gasteiger partial charge in [0.15, 0.2) is 0 Å². The number of rotatable bonds is 4. The summed E-state index contributed by atoms with van der Waals surface area (Å²) in [5.74, 6) is 0.344. The van der Waals surface area contributed by atoms with Gasteiger partial charge in [-0.3, -0.25) is 0 Å². The van der Waals surface area contributed by atoms with E-state index in [1.165, 1.54) is 18.2 Å². The van der Waals surface area contributed by atoms with E-state index in [4.69, 9.17) is 9.15 Å². The van der Waals surface area contributed by atoms with E-state index in [1.807, 2.05) is 49.4 Å². The molecule has 4 aromatic rings. The Morgan fingerprint density at radius 1 is 0.963 bits per heavy atom. The molecule has 0 atom stereocenters. The molecule has 134 valence electrons. The molecule has 1 heterocycles. The van der Waals surface area contributed by atoms with E-state index < -0.39 is 5.63 Å². The maximum absolute atomic E-state index is 13.0. The lowest BCUT2D eigenvalue weighted by molar-refractivity contribution is 0.304. The normalized spacial score (nSPS) is 10.9. The predicted molar refractivity (Wildman–Crippen MR) is 103 cm³/mol. The van der Waals surface area contributed by atoms with Gasteiger partial charge in [0.2, 0.25) is 0 Å². The van der Waals surface area contributed by atoms with Crippen molar-refractivity contribution in [1.29, 1.82) is 0 Å². The first-order valence-electron chi connectivity index (χ1n) is 8.62. The fourth-order valence-electron chi connectivity index (χ4n) is 3.10. The van der Waals surface area contributed by atoms with E-state index in [0.717, 1.165) is 27.6 Å². The molecule has 0 aliphatic rings. The molecule has 0 aliphatic heterocycles. The number of halogens is 1. The van der Waals surface area contributed by atoms with Crippen molar-refractivity contribution in [2.45, 2.75) is 13.5 Å². The van der Waals surface area contributed by atoms with Crippen LogP contribution in [-0.4, -0.2) is 0 Å². The Labute approximate surface area is 155 Å². The summed E-state index contributed by atoms with van der Waals surface area (Å²) in [7, 11) is 0. The summed E-state index contributed by atoms with van der Waals surface area (Å²) in [5.41, 5.74) is 3.50. The highest BCUT2D eigenvalue weighted by Gasteiger charge is 2.13. The van der Waals surface area contributed by atoms with Crippen LogP contribution in [0, 0.1) is 12.7 Å². The van der Waals surface area contributed by atoms with Crippen LogP contribution in [-0.2, 0) is 6.61 Å². The molecular weight excluding hydrogens is 343 g/mol. The van der Waals surface area contributed by atoms with Crippen LogP contribution < -0.4 is 10.4 Å². The largest absolute Gasteiger partial charge is 0.488 e. The number of ether oxygens (including phenoxy) is 1. The van der Waals surface area contributed by atoms with Crippen LogP contribution >= 0.6 is 0 Å². The molecule has 27 heavy (non-hydrogen) atoms. The summed E-state index contributed by atoms with van der Waals surface area (Å²) >= 11 is 0. The Kier molecular flexibility index (Phi) is 4.47. The summed E-state index contributed by atoms with van der Waals surface area (Å²) in [4.78, 5) is 12.1. The Bertz CT molecular complexity index is 1150. The van der Waals surface area contributed by atoms with Crippen molar-refractivity contribution in [3.05, 3.63) is 100 Å². The molecule has 0 amide bonds. The summed E-state index contributed by atoms with van der Waals surface area (Å²) in [6, 6.07) is 21.2. The molecule has 3 aromatic carbocycles. The molecule has 4 heteroatoms. The highest BCUT2D eigenvalue weighted by Crippen LogP contribution is 2.33. The highest BCUT2D eigenvalue weighted by atomic mass is 19.1. The van der Waals surface area contributed by atoms with E-state index in [2.05, 4.69) is 0 Å². The second-order valence-corrected chi connectivity index (χ2v) is 6.33. The molecule has 0 aliphatic carbocycles. The standard InChI is InChI=1S/C23H17FO3/c1-15-21(26-14-16-7-9-18(24)10-8-16)12-11-19-20(13-22(25)27-23(15)19)17-5-3-2-4-6-17/h2-13H,14H2,1H3. The average Bonchev–Trinajstić information content (AvgIpc) is 2.69. The van der Waals surface area contributed by atoms with Crippen molar-refractivity contribution in [3.63, 3.8) is 0 Å². The van der Waals surface area contributed by atoms with E-state index >= 15 is 0 Å². The molecule has 4 rings (SSSR count). The molecule has 0 fully saturated rings. The zero-order chi connectivity index (χ0) is 18.8. The van der Waals surface area contributed by atoms with E-state index in [1.54, 1.807) is 12.1 Å². The molecule has 0 unspecified atom stereocenters. The molecule has 3 nitrogen and oxygen atoms in total. The van der Waals surface area contributed by atoms with Crippen molar-refractivity contribution in [2.75, 3.05) is 0 Å². The number of benzene rings is 3. The zero-order valence-corrected chi connectivity index (χ0v) is 14.7. The van der Waals surface area contributed by atoms with Gasteiger partial charge in [0, 0.05) is 17.0 Å². The highest BCUT2D eigenvalue weighted by molar-refractivity contribution is 5.95. The third-order valence-corrected chi connectivity index (χ3v) is 4.50. The van der Waals surface area contributed by atoms with Crippen LogP contribution in [0.4, 0.5) is 4.39 Å². The monoisotopic (exact) mass is 360 g/mol. The van der Waals surface area contributed by atoms with Crippen molar-refractivity contribution < 1.29 is 13.5 Å². The van der Waals surface area contributed by atoms with Gasteiger partial charge in [-0.05, 0) is 47.9 Å². The smallest absolute Gasteiger partial charge is 0.336 e. The van der Waals surface area contributed by atoms with E-state index in [0.29, 0.717) is 17.9 Å². The Balaban J connectivity index is 1.73. The van der Waals surface area contributed by atoms with E-state index in [-0.39, 0.29) is 5.82 Å². The van der Waals surface area contributed by atoms with Gasteiger partial charge in [-0.2, -0.15) is 0 Å². The number of hydrogen-bond acceptors (Lipinski definition) is 3. The van der Waals surface area contributed by atoms with Crippen molar-refractivity contribution >= 4 is 11.0 Å². The minimum atomic E-state index is -0.403. The van der Waals surface area contributed by atoms with Crippen molar-refractivity contribution in [3.8, 4) is 16.9 Å². The fourth-order valence-corrected chi connectivity index (χ4v) is 3.10. The third kappa shape index (κ3) is 3.47. The average molecular weight is 360 g/mol. The number of fused-ring (bicyclic) bond motifs is 1. The van der Waals surface area contributed by atoms with Crippen LogP contribution in [0.15, 0.2) is 82.0 Å². The van der Waals surface area contributed by atoms with Gasteiger partial charge in [-0.15, -0.1) is 0 Å². The molecule has 0 bridgehead atoms. The Morgan fingerprint density at radius 3 is 2.44 bits per heavy atom. The zero-order valence-electron chi connectivity index (χ0n) is 14.7. The lowest BCUT2D eigenvalue weighted by atomic mass is 10.0. The van der Waals surface area contributed by atoms with Gasteiger partial charge in [0.1, 0.15) is 23.8 Å². The molecule has 0 spiro atoms. The molecule has 0 saturated heterocycles. The van der Waals surface area contributed by atoms with E-state index in [9.17, 15) is 9.18 Å². The number of aryl methyl sites for hydroxylation is 1. The van der Waals surface area contributed by atoms with Gasteiger partial charge in [-0.1, -0.05) is 42.5 Å². The minimum Gasteiger partial charge on any atom is -0.488 e. The van der Waals surface area contributed by atoms with Gasteiger partial charge < -0.3 is 9.15 Å². The van der Waals surface area contributed by atoms with Crippen molar-refractivity contribution in [1.82, 2.24) is 0 Å². The topological polar surface area (TPSA) is 39.4 Å². The van der Waals surface area contributed by atoms with Crippen LogP contribution in [0.3, 0.4) is 0 Å². The molecular formula is C23H17FO3. The van der Waals surface area contributed by atoms with Gasteiger partial charge >= 0.3 is 5.63 Å². The van der Waals surface area contributed by atoms with Crippen LogP contribution in [0.25, 0.3) is 22.1 Å². The molecule has 0 N–H and O–H groups in total. The van der Waals surface area contributed by atoms with Gasteiger partial charge in [0.25, 0.3) is 0 Å². The molecule has 1 aromatic heterocycles. The first-order valence-corrected chi connectivity index (χ1v) is 8.62. The fraction of sp³-hybridized carbons (Fsp3) is 0.0870. The quantitative estimate of drug-likeness (QED) is 0.452. The second-order valence-electron chi connectivity index (χ2n) is 6.33. The summed E-state index contributed by atoms with van der Waals surface area (Å²) in [5, 5.41) is 0.854. The van der Waals surface area contributed by atoms with Crippen LogP contribution in [0.1, 0.15) is 11.1 Å². The number of hydrogen-bond donors (Lipinski definition) is 0. The van der Waals surface area contributed by atoms with Crippen molar-refractivity contribution in [2.24, 2.45) is 0 Å². The second kappa shape index (κ2) is 7.08. The lowest BCUT2D eigenvalue weighted by Crippen LogP contribution is -2.01. The van der Waals surface area contributed by atoms with Gasteiger partial charge in [-0.25, -0.2) is 9.18 Å². The summed E-state index contributed by atoms with van der Waals surface area (Å²) < 4.78 is 24.4. The third-order valence-electron chi connectivity index (χ3n) is 4.50. The maximum atomic E-state index is 13.0. The summed E-state index contributed by atoms with van der Waals surface area (Å²) in [6.45, 7) is 2.16. The molecule has 0 saturated carbocycles. The summed E-state index contributed by atoms with van der Waals surface area (Å²) in [6.07, 6.45) is 0. The SMILES string of the molecule is Cc1c(OCc2ccc(F)cc2)ccc2c(-c3ccccc3)cc(=O)oc12. The molecule has 0 radical (unpaired) electrons. The van der Waals surface area contributed by atoms with Crippen LogP contribution in [0.2, 0.25) is 0 Å².